The van der Waals surface area contributed by atoms with E-state index in [9.17, 15) is 4.79 Å². The number of amidine groups is 1. The Balaban J connectivity index is 2.27. The van der Waals surface area contributed by atoms with Gasteiger partial charge in [-0.05, 0) is 31.2 Å². The van der Waals surface area contributed by atoms with E-state index in [0.29, 0.717) is 16.9 Å². The number of carbonyl (C=O) groups is 1. The Morgan fingerprint density at radius 3 is 2.59 bits per heavy atom. The zero-order valence-electron chi connectivity index (χ0n) is 9.49. The number of amides is 1. The first-order valence-corrected chi connectivity index (χ1v) is 5.88. The van der Waals surface area contributed by atoms with Crippen molar-refractivity contribution in [1.29, 1.82) is 0 Å². The average molecular weight is 230 g/mol. The Morgan fingerprint density at radius 2 is 1.76 bits per heavy atom. The van der Waals surface area contributed by atoms with E-state index in [1.54, 1.807) is 0 Å². The number of anilines is 1. The highest BCUT2D eigenvalue weighted by molar-refractivity contribution is 6.22. The highest BCUT2D eigenvalue weighted by Gasteiger charge is 2.30. The molecule has 4 N–H and O–H groups in total. The maximum atomic E-state index is 11.9. The number of nitrogen functional groups attached to an aromatic ring is 1. The van der Waals surface area contributed by atoms with Gasteiger partial charge in [0.15, 0.2) is 0 Å². The molecule has 0 bridgehead atoms. The van der Waals surface area contributed by atoms with Gasteiger partial charge in [-0.3, -0.25) is 4.79 Å². The molecule has 5 heteroatoms. The summed E-state index contributed by atoms with van der Waals surface area (Å²) < 4.78 is 0. The van der Waals surface area contributed by atoms with Crippen molar-refractivity contribution in [2.24, 2.45) is 10.7 Å². The fraction of sp³-hybridized carbons (Fsp3) is 0.417. The molecule has 1 aliphatic heterocycles. The first kappa shape index (κ1) is 10.3. The highest BCUT2D eigenvalue weighted by Crippen LogP contribution is 2.31. The zero-order chi connectivity index (χ0) is 12.0. The molecule has 2 aliphatic rings. The minimum absolute atomic E-state index is 0.210. The van der Waals surface area contributed by atoms with Crippen molar-refractivity contribution in [2.45, 2.75) is 32.1 Å². The van der Waals surface area contributed by atoms with Gasteiger partial charge in [0.2, 0.25) is 0 Å². The zero-order valence-corrected chi connectivity index (χ0v) is 9.49. The topological polar surface area (TPSA) is 94.4 Å². The molecule has 1 aliphatic carbocycles. The number of aliphatic imine (C=N–C) groups is 1. The average Bonchev–Trinajstić information content (AvgIpc) is 2.49. The molecule has 1 aromatic rings. The van der Waals surface area contributed by atoms with E-state index in [4.69, 9.17) is 11.5 Å². The molecular formula is C12H14N4O. The highest BCUT2D eigenvalue weighted by atomic mass is 16.1. The lowest BCUT2D eigenvalue weighted by Crippen LogP contribution is -2.16. The number of fused-ring (bicyclic) bond motifs is 3. The van der Waals surface area contributed by atoms with Crippen molar-refractivity contribution >= 4 is 17.6 Å². The lowest BCUT2D eigenvalue weighted by Gasteiger charge is -2.11. The first-order valence-electron chi connectivity index (χ1n) is 5.88. The third-order valence-electron chi connectivity index (χ3n) is 3.44. The maximum Gasteiger partial charge on any atom is 0.280 e. The van der Waals surface area contributed by atoms with Crippen LogP contribution in [0.15, 0.2) is 4.99 Å². The van der Waals surface area contributed by atoms with E-state index in [1.807, 2.05) is 0 Å². The van der Waals surface area contributed by atoms with E-state index < -0.39 is 0 Å². The van der Waals surface area contributed by atoms with E-state index in [2.05, 4.69) is 9.98 Å². The molecule has 0 saturated carbocycles. The maximum absolute atomic E-state index is 11.9. The number of aryl methyl sites for hydroxylation is 1. The molecule has 0 atom stereocenters. The lowest BCUT2D eigenvalue weighted by atomic mass is 9.97. The molecule has 5 nitrogen and oxygen atoms in total. The third-order valence-corrected chi connectivity index (χ3v) is 3.44. The summed E-state index contributed by atoms with van der Waals surface area (Å²) in [7, 11) is 0. The summed E-state index contributed by atoms with van der Waals surface area (Å²) in [5.74, 6) is 0.291. The van der Waals surface area contributed by atoms with Crippen molar-refractivity contribution in [3.8, 4) is 0 Å². The summed E-state index contributed by atoms with van der Waals surface area (Å²) >= 11 is 0. The van der Waals surface area contributed by atoms with Crippen LogP contribution in [0.5, 0.6) is 0 Å². The molecule has 0 spiro atoms. The van der Waals surface area contributed by atoms with Gasteiger partial charge in [0.1, 0.15) is 11.7 Å². The molecule has 2 heterocycles. The molecule has 17 heavy (non-hydrogen) atoms. The van der Waals surface area contributed by atoms with Crippen LogP contribution in [0.25, 0.3) is 0 Å². The quantitative estimate of drug-likeness (QED) is 0.644. The standard InChI is InChI=1S/C12H14N4O/c13-10-9-8(12(17)16-11(9)14)6-4-2-1-3-5-7(6)15-10/h1-5H2,(H2,13,15)(H2,14,16,17). The first-order chi connectivity index (χ1) is 8.18. The summed E-state index contributed by atoms with van der Waals surface area (Å²) in [6.07, 6.45) is 5.11. The monoisotopic (exact) mass is 230 g/mol. The van der Waals surface area contributed by atoms with Crippen molar-refractivity contribution < 1.29 is 4.79 Å². The van der Waals surface area contributed by atoms with Crippen LogP contribution in [0.2, 0.25) is 0 Å². The van der Waals surface area contributed by atoms with Crippen LogP contribution in [0, 0.1) is 0 Å². The molecule has 0 aromatic carbocycles. The van der Waals surface area contributed by atoms with Gasteiger partial charge in [0.05, 0.1) is 11.1 Å². The fourth-order valence-corrected chi connectivity index (χ4v) is 2.66. The van der Waals surface area contributed by atoms with Gasteiger partial charge >= 0.3 is 0 Å². The normalized spacial score (nSPS) is 18.4. The predicted molar refractivity (Wildman–Crippen MR) is 65.0 cm³/mol. The van der Waals surface area contributed by atoms with Crippen molar-refractivity contribution in [2.75, 3.05) is 5.73 Å². The molecule has 1 amide bonds. The third kappa shape index (κ3) is 1.42. The SMILES string of the molecule is NC1=NC(=O)c2c3c(nc(N)c21)CCCCC3. The molecule has 0 radical (unpaired) electrons. The van der Waals surface area contributed by atoms with Gasteiger partial charge < -0.3 is 11.5 Å². The summed E-state index contributed by atoms with van der Waals surface area (Å²) in [5, 5.41) is 0. The Morgan fingerprint density at radius 1 is 1.00 bits per heavy atom. The number of rotatable bonds is 0. The van der Waals surface area contributed by atoms with E-state index >= 15 is 0 Å². The Kier molecular flexibility index (Phi) is 2.14. The molecule has 3 rings (SSSR count). The second kappa shape index (κ2) is 3.55. The Hall–Kier alpha value is -1.91. The molecule has 88 valence electrons. The molecule has 0 fully saturated rings. The van der Waals surface area contributed by atoms with Gasteiger partial charge in [-0.1, -0.05) is 6.42 Å². The van der Waals surface area contributed by atoms with Gasteiger partial charge in [0, 0.05) is 5.69 Å². The summed E-state index contributed by atoms with van der Waals surface area (Å²) in [4.78, 5) is 20.0. The van der Waals surface area contributed by atoms with E-state index in [0.717, 1.165) is 43.4 Å². The minimum atomic E-state index is -0.259. The van der Waals surface area contributed by atoms with Gasteiger partial charge in [-0.15, -0.1) is 0 Å². The van der Waals surface area contributed by atoms with Crippen LogP contribution in [-0.2, 0) is 12.8 Å². The van der Waals surface area contributed by atoms with E-state index in [1.165, 1.54) is 0 Å². The lowest BCUT2D eigenvalue weighted by molar-refractivity contribution is 0.101. The number of pyridine rings is 1. The molecule has 0 saturated heterocycles. The van der Waals surface area contributed by atoms with Crippen LogP contribution in [0.3, 0.4) is 0 Å². The van der Waals surface area contributed by atoms with Gasteiger partial charge in [-0.25, -0.2) is 4.98 Å². The minimum Gasteiger partial charge on any atom is -0.383 e. The molecular weight excluding hydrogens is 216 g/mol. The Bertz CT molecular complexity index is 548. The second-order valence-corrected chi connectivity index (χ2v) is 4.54. The van der Waals surface area contributed by atoms with E-state index in [-0.39, 0.29) is 11.7 Å². The number of hydrogen-bond acceptors (Lipinski definition) is 4. The number of carbonyl (C=O) groups excluding carboxylic acids is 1. The fourth-order valence-electron chi connectivity index (χ4n) is 2.66. The van der Waals surface area contributed by atoms with Crippen molar-refractivity contribution in [1.82, 2.24) is 4.98 Å². The number of nitrogens with zero attached hydrogens (tertiary/aromatic N) is 2. The summed E-state index contributed by atoms with van der Waals surface area (Å²) in [6, 6.07) is 0. The van der Waals surface area contributed by atoms with Crippen LogP contribution < -0.4 is 11.5 Å². The summed E-state index contributed by atoms with van der Waals surface area (Å²) in [5.41, 5.74) is 14.7. The van der Waals surface area contributed by atoms with Crippen molar-refractivity contribution in [3.05, 3.63) is 22.4 Å². The van der Waals surface area contributed by atoms with Crippen molar-refractivity contribution in [3.63, 3.8) is 0 Å². The van der Waals surface area contributed by atoms with Crippen LogP contribution in [-0.4, -0.2) is 16.7 Å². The largest absolute Gasteiger partial charge is 0.383 e. The van der Waals surface area contributed by atoms with Gasteiger partial charge in [0.25, 0.3) is 5.91 Å². The summed E-state index contributed by atoms with van der Waals surface area (Å²) in [6.45, 7) is 0. The number of aromatic nitrogens is 1. The van der Waals surface area contributed by atoms with Crippen LogP contribution >= 0.6 is 0 Å². The number of hydrogen-bond donors (Lipinski definition) is 2. The van der Waals surface area contributed by atoms with Gasteiger partial charge in [-0.2, -0.15) is 4.99 Å². The molecule has 0 unspecified atom stereocenters. The molecule has 1 aromatic heterocycles. The smallest absolute Gasteiger partial charge is 0.280 e. The Labute approximate surface area is 98.9 Å². The second-order valence-electron chi connectivity index (χ2n) is 4.54. The predicted octanol–water partition coefficient (Wildman–Crippen LogP) is 0.792. The number of nitrogens with two attached hydrogens (primary N) is 2. The van der Waals surface area contributed by atoms with Crippen LogP contribution in [0.4, 0.5) is 5.82 Å². The van der Waals surface area contributed by atoms with Crippen LogP contribution in [0.1, 0.15) is 46.4 Å².